The van der Waals surface area contributed by atoms with Gasteiger partial charge >= 0.3 is 0 Å². The first-order valence-electron chi connectivity index (χ1n) is 7.95. The van der Waals surface area contributed by atoms with Crippen LogP contribution in [0.4, 0.5) is 5.13 Å². The zero-order valence-electron chi connectivity index (χ0n) is 14.6. The van der Waals surface area contributed by atoms with E-state index >= 15 is 0 Å². The van der Waals surface area contributed by atoms with E-state index in [0.717, 1.165) is 27.0 Å². The largest absolute Gasteiger partial charge is 0.496 e. The van der Waals surface area contributed by atoms with Crippen LogP contribution in [0.15, 0.2) is 52.3 Å². The predicted octanol–water partition coefficient (Wildman–Crippen LogP) is 5.02. The van der Waals surface area contributed by atoms with Crippen molar-refractivity contribution in [2.45, 2.75) is 6.92 Å². The summed E-state index contributed by atoms with van der Waals surface area (Å²) in [7, 11) is 1.62. The fourth-order valence-corrected chi connectivity index (χ4v) is 3.93. The molecule has 138 valence electrons. The van der Waals surface area contributed by atoms with Crippen LogP contribution in [0.25, 0.3) is 11.3 Å². The number of nitrogens with one attached hydrogen (secondary N) is 2. The van der Waals surface area contributed by atoms with Gasteiger partial charge in [0.25, 0.3) is 5.91 Å². The van der Waals surface area contributed by atoms with E-state index in [0.29, 0.717) is 10.7 Å². The third-order valence-electron chi connectivity index (χ3n) is 3.79. The Hall–Kier alpha value is -2.29. The first kappa shape index (κ1) is 19.5. The highest BCUT2D eigenvalue weighted by molar-refractivity contribution is 9.10. The number of carbonyl (C=O) groups excluding carboxylic acids is 1. The van der Waals surface area contributed by atoms with Gasteiger partial charge in [0.1, 0.15) is 5.75 Å². The lowest BCUT2D eigenvalue weighted by atomic mass is 10.1. The number of amides is 1. The highest BCUT2D eigenvalue weighted by Gasteiger charge is 2.12. The summed E-state index contributed by atoms with van der Waals surface area (Å²) in [6, 6.07) is 13.1. The summed E-state index contributed by atoms with van der Waals surface area (Å²) in [5.41, 5.74) is 3.23. The SMILES string of the molecule is COc1ccc(-c2csc(NC(=S)NC(=O)c3ccccc3C)n2)cc1Br. The van der Waals surface area contributed by atoms with Gasteiger partial charge in [0.2, 0.25) is 0 Å². The number of nitrogens with zero attached hydrogens (tertiary/aromatic N) is 1. The molecule has 0 bridgehead atoms. The zero-order valence-corrected chi connectivity index (χ0v) is 17.8. The van der Waals surface area contributed by atoms with E-state index < -0.39 is 0 Å². The third kappa shape index (κ3) is 4.71. The first-order valence-corrected chi connectivity index (χ1v) is 10.0. The van der Waals surface area contributed by atoms with E-state index in [-0.39, 0.29) is 11.0 Å². The number of anilines is 1. The Morgan fingerprint density at radius 2 is 2.04 bits per heavy atom. The number of benzene rings is 2. The van der Waals surface area contributed by atoms with Gasteiger partial charge in [0.15, 0.2) is 10.2 Å². The molecule has 1 amide bonds. The normalized spacial score (nSPS) is 10.3. The molecule has 1 heterocycles. The van der Waals surface area contributed by atoms with Crippen LogP contribution in [0.5, 0.6) is 5.75 Å². The van der Waals surface area contributed by atoms with Gasteiger partial charge < -0.3 is 10.1 Å². The third-order valence-corrected chi connectivity index (χ3v) is 5.37. The molecule has 1 aromatic heterocycles. The van der Waals surface area contributed by atoms with Gasteiger partial charge in [-0.2, -0.15) is 0 Å². The summed E-state index contributed by atoms with van der Waals surface area (Å²) in [6.45, 7) is 1.88. The monoisotopic (exact) mass is 461 g/mol. The van der Waals surface area contributed by atoms with Gasteiger partial charge in [0.05, 0.1) is 17.3 Å². The molecule has 0 aliphatic carbocycles. The van der Waals surface area contributed by atoms with Crippen LogP contribution in [-0.4, -0.2) is 23.1 Å². The van der Waals surface area contributed by atoms with E-state index in [9.17, 15) is 4.79 Å². The lowest BCUT2D eigenvalue weighted by Gasteiger charge is -2.09. The predicted molar refractivity (Wildman–Crippen MR) is 117 cm³/mol. The molecule has 8 heteroatoms. The molecule has 2 aromatic carbocycles. The Bertz CT molecular complexity index is 1000. The van der Waals surface area contributed by atoms with Gasteiger partial charge in [0, 0.05) is 16.5 Å². The van der Waals surface area contributed by atoms with E-state index in [1.54, 1.807) is 13.2 Å². The maximum Gasteiger partial charge on any atom is 0.257 e. The Labute approximate surface area is 174 Å². The van der Waals surface area contributed by atoms with E-state index in [1.165, 1.54) is 11.3 Å². The van der Waals surface area contributed by atoms with Crippen molar-refractivity contribution in [3.63, 3.8) is 0 Å². The van der Waals surface area contributed by atoms with Crippen LogP contribution in [0.3, 0.4) is 0 Å². The van der Waals surface area contributed by atoms with Crippen molar-refractivity contribution < 1.29 is 9.53 Å². The number of thiazole rings is 1. The molecule has 0 unspecified atom stereocenters. The fourth-order valence-electron chi connectivity index (χ4n) is 2.42. The second kappa shape index (κ2) is 8.60. The minimum absolute atomic E-state index is 0.208. The average molecular weight is 462 g/mol. The Morgan fingerprint density at radius 1 is 1.26 bits per heavy atom. The van der Waals surface area contributed by atoms with Crippen LogP contribution < -0.4 is 15.4 Å². The van der Waals surface area contributed by atoms with Gasteiger partial charge in [-0.25, -0.2) is 4.98 Å². The summed E-state index contributed by atoms with van der Waals surface area (Å²) in [5.74, 6) is 0.508. The summed E-state index contributed by atoms with van der Waals surface area (Å²) >= 11 is 10.1. The van der Waals surface area contributed by atoms with Crippen LogP contribution in [-0.2, 0) is 0 Å². The maximum atomic E-state index is 12.3. The smallest absolute Gasteiger partial charge is 0.257 e. The van der Waals surface area contributed by atoms with Crippen molar-refractivity contribution in [3.8, 4) is 17.0 Å². The van der Waals surface area contributed by atoms with Crippen molar-refractivity contribution in [2.24, 2.45) is 0 Å². The molecular weight excluding hydrogens is 446 g/mol. The van der Waals surface area contributed by atoms with Crippen LogP contribution in [0.2, 0.25) is 0 Å². The standard InChI is InChI=1S/C19H16BrN3O2S2/c1-11-5-3-4-6-13(11)17(24)22-18(26)23-19-21-15(10-27-19)12-7-8-16(25-2)14(20)9-12/h3-10H,1-2H3,(H2,21,22,23,24,26). The molecule has 3 rings (SSSR count). The number of hydrogen-bond acceptors (Lipinski definition) is 5. The number of aromatic nitrogens is 1. The fraction of sp³-hybridized carbons (Fsp3) is 0.105. The lowest BCUT2D eigenvalue weighted by molar-refractivity contribution is 0.0977. The molecule has 0 aliphatic heterocycles. The number of hydrogen-bond donors (Lipinski definition) is 2. The number of thiocarbonyl (C=S) groups is 1. The maximum absolute atomic E-state index is 12.3. The molecule has 3 aromatic rings. The van der Waals surface area contributed by atoms with E-state index in [1.807, 2.05) is 48.7 Å². The summed E-state index contributed by atoms with van der Waals surface area (Å²) in [4.78, 5) is 16.8. The molecule has 0 fully saturated rings. The number of aryl methyl sites for hydroxylation is 1. The number of carbonyl (C=O) groups is 1. The molecule has 0 saturated carbocycles. The average Bonchev–Trinajstić information content (AvgIpc) is 3.10. The van der Waals surface area contributed by atoms with Crippen LogP contribution in [0.1, 0.15) is 15.9 Å². The summed E-state index contributed by atoms with van der Waals surface area (Å²) < 4.78 is 6.09. The van der Waals surface area contributed by atoms with E-state index in [4.69, 9.17) is 17.0 Å². The Morgan fingerprint density at radius 3 is 2.74 bits per heavy atom. The van der Waals surface area contributed by atoms with Gasteiger partial charge in [-0.05, 0) is 64.9 Å². The van der Waals surface area contributed by atoms with Gasteiger partial charge in [-0.15, -0.1) is 11.3 Å². The molecular formula is C19H16BrN3O2S2. The molecule has 2 N–H and O–H groups in total. The zero-order chi connectivity index (χ0) is 19.4. The second-order valence-corrected chi connectivity index (χ2v) is 7.73. The Kier molecular flexibility index (Phi) is 6.20. The van der Waals surface area contributed by atoms with Crippen molar-refractivity contribution in [1.29, 1.82) is 0 Å². The molecule has 0 saturated heterocycles. The first-order chi connectivity index (χ1) is 13.0. The van der Waals surface area contributed by atoms with Crippen LogP contribution in [0, 0.1) is 6.92 Å². The quantitative estimate of drug-likeness (QED) is 0.534. The van der Waals surface area contributed by atoms with Crippen molar-refractivity contribution >= 4 is 55.6 Å². The van der Waals surface area contributed by atoms with Gasteiger partial charge in [-0.1, -0.05) is 18.2 Å². The summed E-state index contributed by atoms with van der Waals surface area (Å²) in [6.07, 6.45) is 0. The highest BCUT2D eigenvalue weighted by atomic mass is 79.9. The van der Waals surface area contributed by atoms with Crippen LogP contribution >= 0.6 is 39.5 Å². The van der Waals surface area contributed by atoms with Gasteiger partial charge in [-0.3, -0.25) is 10.1 Å². The topological polar surface area (TPSA) is 63.2 Å². The number of methoxy groups -OCH3 is 1. The lowest BCUT2D eigenvalue weighted by Crippen LogP contribution is -2.34. The second-order valence-electron chi connectivity index (χ2n) is 5.61. The molecule has 5 nitrogen and oxygen atoms in total. The molecule has 27 heavy (non-hydrogen) atoms. The van der Waals surface area contributed by atoms with Crippen molar-refractivity contribution in [1.82, 2.24) is 10.3 Å². The molecule has 0 spiro atoms. The molecule has 0 radical (unpaired) electrons. The molecule has 0 atom stereocenters. The van der Waals surface area contributed by atoms with Crippen molar-refractivity contribution in [2.75, 3.05) is 12.4 Å². The molecule has 0 aliphatic rings. The number of rotatable bonds is 4. The minimum Gasteiger partial charge on any atom is -0.496 e. The minimum atomic E-state index is -0.249. The Balaban J connectivity index is 1.67. The van der Waals surface area contributed by atoms with Crippen molar-refractivity contribution in [3.05, 3.63) is 63.4 Å². The number of ether oxygens (including phenoxy) is 1. The highest BCUT2D eigenvalue weighted by Crippen LogP contribution is 2.32. The van der Waals surface area contributed by atoms with E-state index in [2.05, 4.69) is 31.5 Å². The number of halogens is 1. The summed E-state index contributed by atoms with van der Waals surface area (Å²) in [5, 5.41) is 8.37.